The fourth-order valence-corrected chi connectivity index (χ4v) is 4.84. The van der Waals surface area contributed by atoms with Crippen molar-refractivity contribution in [2.75, 3.05) is 51.3 Å². The minimum absolute atomic E-state index is 0.535. The highest BCUT2D eigenvalue weighted by atomic mass is 16.5. The highest BCUT2D eigenvalue weighted by molar-refractivity contribution is 5.97. The van der Waals surface area contributed by atoms with E-state index in [9.17, 15) is 0 Å². The van der Waals surface area contributed by atoms with E-state index in [1.54, 1.807) is 7.05 Å². The van der Waals surface area contributed by atoms with Gasteiger partial charge in [0.25, 0.3) is 0 Å². The third kappa shape index (κ3) is 4.76. The van der Waals surface area contributed by atoms with Crippen LogP contribution in [0, 0.1) is 0 Å². The normalized spacial score (nSPS) is 17.0. The Hall–Kier alpha value is -3.56. The van der Waals surface area contributed by atoms with Crippen LogP contribution in [0.3, 0.4) is 0 Å². The van der Waals surface area contributed by atoms with Gasteiger partial charge >= 0.3 is 0 Å². The molecule has 0 amide bonds. The van der Waals surface area contributed by atoms with E-state index in [2.05, 4.69) is 43.2 Å². The maximum Gasteiger partial charge on any atom is 0.128 e. The predicted molar refractivity (Wildman–Crippen MR) is 142 cm³/mol. The molecule has 6 rings (SSSR count). The summed E-state index contributed by atoms with van der Waals surface area (Å²) in [6, 6.07) is 6.50. The van der Waals surface area contributed by atoms with Gasteiger partial charge in [-0.2, -0.15) is 10.2 Å². The van der Waals surface area contributed by atoms with Crippen LogP contribution in [-0.2, 0) is 11.8 Å². The summed E-state index contributed by atoms with van der Waals surface area (Å²) in [6.07, 6.45) is 14.6. The van der Waals surface area contributed by atoms with Gasteiger partial charge in [0.15, 0.2) is 0 Å². The Morgan fingerprint density at radius 1 is 1.00 bits per heavy atom. The first kappa shape index (κ1) is 22.9. The zero-order valence-corrected chi connectivity index (χ0v) is 20.9. The first-order chi connectivity index (χ1) is 17.7. The van der Waals surface area contributed by atoms with Crippen LogP contribution in [0.25, 0.3) is 27.8 Å². The Balaban J connectivity index is 1.24. The van der Waals surface area contributed by atoms with Crippen LogP contribution in [-0.4, -0.2) is 88.0 Å². The van der Waals surface area contributed by atoms with Crippen molar-refractivity contribution in [3.63, 3.8) is 0 Å². The van der Waals surface area contributed by atoms with Gasteiger partial charge in [-0.05, 0) is 31.0 Å². The first-order valence-electron chi connectivity index (χ1n) is 12.7. The van der Waals surface area contributed by atoms with Gasteiger partial charge in [-0.1, -0.05) is 0 Å². The van der Waals surface area contributed by atoms with E-state index in [1.807, 2.05) is 53.4 Å². The number of piperazine rings is 1. The Morgan fingerprint density at radius 2 is 1.86 bits per heavy atom. The summed E-state index contributed by atoms with van der Waals surface area (Å²) in [7, 11) is 3.71. The second-order valence-electron chi connectivity index (χ2n) is 9.63. The minimum Gasteiger partial charge on any atom is -0.377 e. The summed E-state index contributed by atoms with van der Waals surface area (Å²) >= 11 is 0. The van der Waals surface area contributed by atoms with Gasteiger partial charge < -0.3 is 9.64 Å². The van der Waals surface area contributed by atoms with Gasteiger partial charge in [-0.3, -0.25) is 14.6 Å². The zero-order chi connectivity index (χ0) is 24.5. The molecule has 0 aromatic carbocycles. The monoisotopic (exact) mass is 484 g/mol. The van der Waals surface area contributed by atoms with Crippen LogP contribution >= 0.6 is 0 Å². The molecule has 0 atom stereocenters. The molecule has 4 aromatic heterocycles. The molecule has 0 spiro atoms. The number of pyridine rings is 2. The van der Waals surface area contributed by atoms with E-state index in [0.29, 0.717) is 6.10 Å². The molecule has 0 bridgehead atoms. The molecule has 5 heterocycles. The number of anilines is 1. The third-order valence-electron chi connectivity index (χ3n) is 6.99. The molecule has 36 heavy (non-hydrogen) atoms. The highest BCUT2D eigenvalue weighted by Crippen LogP contribution is 2.32. The number of rotatable bonds is 8. The van der Waals surface area contributed by atoms with Gasteiger partial charge in [0.05, 0.1) is 30.6 Å². The standard InChI is InChI=1S/C27H32N8O/c1-28-14-22-16-31-35-19-21(23-17-30-32(2)18-23)13-25(27(22)35)20-3-6-26(29-15-20)34-9-7-33(8-10-34)11-12-36-24-4-5-24/h3,6,13-19,24H,4-5,7-12H2,1-2H3. The lowest BCUT2D eigenvalue weighted by Gasteiger charge is -2.35. The zero-order valence-electron chi connectivity index (χ0n) is 20.9. The van der Waals surface area contributed by atoms with Crippen molar-refractivity contribution in [3.8, 4) is 22.3 Å². The third-order valence-corrected chi connectivity index (χ3v) is 6.99. The summed E-state index contributed by atoms with van der Waals surface area (Å²) in [5, 5.41) is 8.95. The number of hydrogen-bond acceptors (Lipinski definition) is 7. The lowest BCUT2D eigenvalue weighted by molar-refractivity contribution is 0.0899. The van der Waals surface area contributed by atoms with Crippen LogP contribution in [0.1, 0.15) is 18.4 Å². The van der Waals surface area contributed by atoms with Crippen molar-refractivity contribution in [1.82, 2.24) is 29.3 Å². The van der Waals surface area contributed by atoms with Crippen molar-refractivity contribution in [3.05, 3.63) is 54.7 Å². The molecule has 2 fully saturated rings. The number of hydrogen-bond donors (Lipinski definition) is 0. The lowest BCUT2D eigenvalue weighted by atomic mass is 10.0. The average Bonchev–Trinajstić information content (AvgIpc) is 3.49. The van der Waals surface area contributed by atoms with E-state index in [-0.39, 0.29) is 0 Å². The predicted octanol–water partition coefficient (Wildman–Crippen LogP) is 3.15. The molecule has 2 aliphatic rings. The number of aliphatic imine (C=N–C) groups is 1. The number of fused-ring (bicyclic) bond motifs is 1. The number of ether oxygens (including phenoxy) is 1. The van der Waals surface area contributed by atoms with E-state index >= 15 is 0 Å². The van der Waals surface area contributed by atoms with Gasteiger partial charge in [0.2, 0.25) is 0 Å². The van der Waals surface area contributed by atoms with Crippen LogP contribution in [0.4, 0.5) is 5.82 Å². The maximum atomic E-state index is 5.82. The van der Waals surface area contributed by atoms with E-state index in [4.69, 9.17) is 9.72 Å². The molecule has 1 aliphatic heterocycles. The van der Waals surface area contributed by atoms with E-state index in [1.165, 1.54) is 12.8 Å². The van der Waals surface area contributed by atoms with Crippen molar-refractivity contribution in [2.45, 2.75) is 18.9 Å². The molecule has 1 saturated heterocycles. The molecule has 1 aliphatic carbocycles. The topological polar surface area (TPSA) is 76.1 Å². The Kier molecular flexibility index (Phi) is 6.25. The Morgan fingerprint density at radius 3 is 2.56 bits per heavy atom. The summed E-state index contributed by atoms with van der Waals surface area (Å²) in [5.74, 6) is 1.02. The Bertz CT molecular complexity index is 1360. The van der Waals surface area contributed by atoms with E-state index in [0.717, 1.165) is 78.5 Å². The molecule has 1 saturated carbocycles. The van der Waals surface area contributed by atoms with Crippen molar-refractivity contribution < 1.29 is 4.74 Å². The molecule has 4 aromatic rings. The summed E-state index contributed by atoms with van der Waals surface area (Å²) in [4.78, 5) is 14.0. The smallest absolute Gasteiger partial charge is 0.128 e. The fourth-order valence-electron chi connectivity index (χ4n) is 4.84. The fraction of sp³-hybridized carbons (Fsp3) is 0.407. The quantitative estimate of drug-likeness (QED) is 0.358. The van der Waals surface area contributed by atoms with Crippen molar-refractivity contribution >= 4 is 17.5 Å². The summed E-state index contributed by atoms with van der Waals surface area (Å²) in [6.45, 7) is 5.92. The minimum atomic E-state index is 0.535. The van der Waals surface area contributed by atoms with Crippen molar-refractivity contribution in [1.29, 1.82) is 0 Å². The molecule has 186 valence electrons. The summed E-state index contributed by atoms with van der Waals surface area (Å²) < 4.78 is 9.56. The number of aromatic nitrogens is 5. The molecule has 0 N–H and O–H groups in total. The molecular weight excluding hydrogens is 452 g/mol. The molecular formula is C27H32N8O. The molecule has 9 nitrogen and oxygen atoms in total. The van der Waals surface area contributed by atoms with Gasteiger partial charge in [-0.15, -0.1) is 0 Å². The molecule has 9 heteroatoms. The Labute approximate surface area is 211 Å². The van der Waals surface area contributed by atoms with Gasteiger partial charge in [0, 0.05) is 99.4 Å². The second kappa shape index (κ2) is 9.83. The van der Waals surface area contributed by atoms with E-state index < -0.39 is 0 Å². The second-order valence-corrected chi connectivity index (χ2v) is 9.63. The number of nitrogens with zero attached hydrogens (tertiary/aromatic N) is 8. The van der Waals surface area contributed by atoms with Crippen LogP contribution in [0.5, 0.6) is 0 Å². The average molecular weight is 485 g/mol. The van der Waals surface area contributed by atoms with Crippen molar-refractivity contribution in [2.24, 2.45) is 12.0 Å². The molecule has 0 unspecified atom stereocenters. The summed E-state index contributed by atoms with van der Waals surface area (Å²) in [5.41, 5.74) is 6.23. The SMILES string of the molecule is CN=Cc1cnn2cc(-c3cnn(C)c3)cc(-c3ccc(N4CCN(CCOC5CC5)CC4)nc3)c12. The van der Waals surface area contributed by atoms with Crippen LogP contribution < -0.4 is 4.90 Å². The maximum absolute atomic E-state index is 5.82. The van der Waals surface area contributed by atoms with Gasteiger partial charge in [-0.25, -0.2) is 9.50 Å². The largest absolute Gasteiger partial charge is 0.377 e. The van der Waals surface area contributed by atoms with Gasteiger partial charge in [0.1, 0.15) is 5.82 Å². The first-order valence-corrected chi connectivity index (χ1v) is 12.7. The highest BCUT2D eigenvalue weighted by Gasteiger charge is 2.23. The van der Waals surface area contributed by atoms with Crippen LogP contribution in [0.15, 0.2) is 54.2 Å². The lowest BCUT2D eigenvalue weighted by Crippen LogP contribution is -2.47. The number of aryl methyl sites for hydroxylation is 1. The molecule has 0 radical (unpaired) electrons. The van der Waals surface area contributed by atoms with Crippen LogP contribution in [0.2, 0.25) is 0 Å².